The van der Waals surface area contributed by atoms with Crippen LogP contribution in [-0.4, -0.2) is 55.1 Å². The molecule has 0 heterocycles. The number of esters is 1. The maximum Gasteiger partial charge on any atom is 0.309 e. The minimum absolute atomic E-state index is 0.113. The minimum atomic E-state index is -0.113. The van der Waals surface area contributed by atoms with Crippen LogP contribution >= 0.6 is 0 Å². The van der Waals surface area contributed by atoms with Crippen molar-refractivity contribution in [2.24, 2.45) is 0 Å². The monoisotopic (exact) mass is 453 g/mol. The third-order valence-corrected chi connectivity index (χ3v) is 5.77. The first-order chi connectivity index (χ1) is 15.7. The molecule has 1 N–H and O–H groups in total. The lowest BCUT2D eigenvalue weighted by molar-refractivity contribution is -0.142. The number of aliphatic hydroxyl groups is 1. The van der Waals surface area contributed by atoms with E-state index in [-0.39, 0.29) is 12.6 Å². The molecule has 0 saturated heterocycles. The molecule has 0 fully saturated rings. The van der Waals surface area contributed by atoms with Gasteiger partial charge in [-0.15, -0.1) is 0 Å². The zero-order valence-corrected chi connectivity index (χ0v) is 20.9. The SMILES string of the molecule is CCCCCC/C=C\CC(=O)OCCCCCCCN(CCO)CCCCCCCC=O. The largest absolute Gasteiger partial charge is 0.465 e. The minimum Gasteiger partial charge on any atom is -0.465 e. The van der Waals surface area contributed by atoms with Gasteiger partial charge in [-0.25, -0.2) is 0 Å². The summed E-state index contributed by atoms with van der Waals surface area (Å²) in [6, 6.07) is 0. The van der Waals surface area contributed by atoms with E-state index in [1.54, 1.807) is 0 Å². The number of nitrogens with zero attached hydrogens (tertiary/aromatic N) is 1. The summed E-state index contributed by atoms with van der Waals surface area (Å²) in [5, 5.41) is 9.27. The molecule has 0 amide bonds. The Hall–Kier alpha value is -1.20. The van der Waals surface area contributed by atoms with E-state index in [4.69, 9.17) is 4.74 Å². The Morgan fingerprint density at radius 2 is 1.34 bits per heavy atom. The molecule has 0 rings (SSSR count). The van der Waals surface area contributed by atoms with Crippen LogP contribution in [0.15, 0.2) is 12.2 Å². The Morgan fingerprint density at radius 3 is 2.00 bits per heavy atom. The number of carbonyl (C=O) groups is 2. The number of carbonyl (C=O) groups excluding carboxylic acids is 2. The lowest BCUT2D eigenvalue weighted by Gasteiger charge is -2.21. The Morgan fingerprint density at radius 1 is 0.750 bits per heavy atom. The zero-order chi connectivity index (χ0) is 23.5. The molecule has 0 aliphatic carbocycles. The van der Waals surface area contributed by atoms with Crippen molar-refractivity contribution in [3.63, 3.8) is 0 Å². The quantitative estimate of drug-likeness (QED) is 0.0768. The van der Waals surface area contributed by atoms with Crippen LogP contribution in [0.4, 0.5) is 0 Å². The summed E-state index contributed by atoms with van der Waals surface area (Å²) >= 11 is 0. The summed E-state index contributed by atoms with van der Waals surface area (Å²) in [5.74, 6) is -0.113. The topological polar surface area (TPSA) is 66.8 Å². The molecule has 188 valence electrons. The van der Waals surface area contributed by atoms with E-state index < -0.39 is 0 Å². The van der Waals surface area contributed by atoms with E-state index in [1.807, 2.05) is 6.08 Å². The van der Waals surface area contributed by atoms with E-state index in [9.17, 15) is 14.7 Å². The van der Waals surface area contributed by atoms with Crippen LogP contribution in [0, 0.1) is 0 Å². The number of ether oxygens (including phenoxy) is 1. The Bertz CT molecular complexity index is 439. The van der Waals surface area contributed by atoms with Crippen molar-refractivity contribution in [2.45, 2.75) is 116 Å². The van der Waals surface area contributed by atoms with Crippen molar-refractivity contribution in [3.05, 3.63) is 12.2 Å². The van der Waals surface area contributed by atoms with Crippen LogP contribution in [0.2, 0.25) is 0 Å². The lowest BCUT2D eigenvalue weighted by Crippen LogP contribution is -2.29. The smallest absolute Gasteiger partial charge is 0.309 e. The van der Waals surface area contributed by atoms with Gasteiger partial charge in [0.05, 0.1) is 19.6 Å². The van der Waals surface area contributed by atoms with Gasteiger partial charge in [-0.3, -0.25) is 4.79 Å². The summed E-state index contributed by atoms with van der Waals surface area (Å²) in [7, 11) is 0. The van der Waals surface area contributed by atoms with Crippen LogP contribution < -0.4 is 0 Å². The highest BCUT2D eigenvalue weighted by atomic mass is 16.5. The molecule has 5 nitrogen and oxygen atoms in total. The van der Waals surface area contributed by atoms with Gasteiger partial charge in [0.1, 0.15) is 6.29 Å². The van der Waals surface area contributed by atoms with Gasteiger partial charge in [0.15, 0.2) is 0 Å². The average molecular weight is 454 g/mol. The number of aldehydes is 1. The Kier molecular flexibility index (Phi) is 25.1. The number of allylic oxidation sites excluding steroid dienone is 1. The average Bonchev–Trinajstić information content (AvgIpc) is 2.79. The molecule has 0 aromatic rings. The van der Waals surface area contributed by atoms with Gasteiger partial charge >= 0.3 is 5.97 Å². The molecular weight excluding hydrogens is 402 g/mol. The van der Waals surface area contributed by atoms with Gasteiger partial charge < -0.3 is 19.5 Å². The fraction of sp³-hybridized carbons (Fsp3) is 0.852. The summed E-state index contributed by atoms with van der Waals surface area (Å²) in [4.78, 5) is 24.4. The first-order valence-corrected chi connectivity index (χ1v) is 13.3. The fourth-order valence-electron chi connectivity index (χ4n) is 3.77. The zero-order valence-electron chi connectivity index (χ0n) is 20.9. The highest BCUT2D eigenvalue weighted by molar-refractivity contribution is 5.71. The van der Waals surface area contributed by atoms with Crippen LogP contribution in [0.5, 0.6) is 0 Å². The number of rotatable bonds is 25. The lowest BCUT2D eigenvalue weighted by atomic mass is 10.1. The molecule has 5 heteroatoms. The van der Waals surface area contributed by atoms with Gasteiger partial charge in [0.2, 0.25) is 0 Å². The van der Waals surface area contributed by atoms with Crippen molar-refractivity contribution >= 4 is 12.3 Å². The first-order valence-electron chi connectivity index (χ1n) is 13.3. The van der Waals surface area contributed by atoms with E-state index in [0.717, 1.165) is 64.4 Å². The second-order valence-corrected chi connectivity index (χ2v) is 8.80. The molecule has 0 saturated carbocycles. The molecule has 0 spiro atoms. The number of hydrogen-bond donors (Lipinski definition) is 1. The maximum atomic E-state index is 11.7. The van der Waals surface area contributed by atoms with Crippen molar-refractivity contribution < 1.29 is 19.4 Å². The standard InChI is InChI=1S/C27H51NO4/c1-2-3-4-5-6-10-15-20-27(31)32-26-19-14-9-12-17-22-28(23-25-30)21-16-11-7-8-13-18-24-29/h10,15,24,30H,2-9,11-14,16-23,25-26H2,1H3/b15-10-. The highest BCUT2D eigenvalue weighted by Crippen LogP contribution is 2.09. The van der Waals surface area contributed by atoms with E-state index in [1.165, 1.54) is 57.8 Å². The maximum absolute atomic E-state index is 11.7. The van der Waals surface area contributed by atoms with Gasteiger partial charge in [0, 0.05) is 13.0 Å². The molecular formula is C27H51NO4. The number of hydrogen-bond acceptors (Lipinski definition) is 5. The second-order valence-electron chi connectivity index (χ2n) is 8.80. The third-order valence-electron chi connectivity index (χ3n) is 5.77. The summed E-state index contributed by atoms with van der Waals surface area (Å²) in [6.45, 7) is 5.83. The Labute approximate surface area is 198 Å². The van der Waals surface area contributed by atoms with E-state index in [0.29, 0.717) is 19.4 Å². The Balaban J connectivity index is 3.53. The fourth-order valence-corrected chi connectivity index (χ4v) is 3.77. The number of unbranched alkanes of at least 4 members (excludes halogenated alkanes) is 13. The van der Waals surface area contributed by atoms with Crippen molar-refractivity contribution in [3.8, 4) is 0 Å². The van der Waals surface area contributed by atoms with Gasteiger partial charge in [-0.05, 0) is 51.6 Å². The third kappa shape index (κ3) is 23.5. The van der Waals surface area contributed by atoms with Crippen LogP contribution in [-0.2, 0) is 14.3 Å². The van der Waals surface area contributed by atoms with Crippen molar-refractivity contribution in [1.29, 1.82) is 0 Å². The first kappa shape index (κ1) is 30.8. The molecule has 0 aromatic heterocycles. The van der Waals surface area contributed by atoms with Crippen molar-refractivity contribution in [1.82, 2.24) is 4.90 Å². The van der Waals surface area contributed by atoms with Crippen LogP contribution in [0.3, 0.4) is 0 Å². The molecule has 0 aromatic carbocycles. The normalized spacial score (nSPS) is 11.5. The molecule has 0 radical (unpaired) electrons. The molecule has 0 atom stereocenters. The summed E-state index contributed by atoms with van der Waals surface area (Å²) in [6.07, 6.45) is 23.5. The predicted octanol–water partition coefficient (Wildman–Crippen LogP) is 6.23. The summed E-state index contributed by atoms with van der Waals surface area (Å²) < 4.78 is 5.31. The van der Waals surface area contributed by atoms with Crippen LogP contribution in [0.1, 0.15) is 116 Å². The van der Waals surface area contributed by atoms with Crippen molar-refractivity contribution in [2.75, 3.05) is 32.8 Å². The number of aliphatic hydroxyl groups excluding tert-OH is 1. The van der Waals surface area contributed by atoms with Gasteiger partial charge in [-0.2, -0.15) is 0 Å². The van der Waals surface area contributed by atoms with E-state index >= 15 is 0 Å². The molecule has 0 bridgehead atoms. The van der Waals surface area contributed by atoms with Gasteiger partial charge in [0.25, 0.3) is 0 Å². The molecule has 0 aliphatic rings. The van der Waals surface area contributed by atoms with E-state index in [2.05, 4.69) is 17.9 Å². The molecule has 0 unspecified atom stereocenters. The van der Waals surface area contributed by atoms with Gasteiger partial charge in [-0.1, -0.05) is 76.9 Å². The predicted molar refractivity (Wildman–Crippen MR) is 134 cm³/mol. The molecule has 0 aliphatic heterocycles. The van der Waals surface area contributed by atoms with Crippen LogP contribution in [0.25, 0.3) is 0 Å². The second kappa shape index (κ2) is 26.1. The molecule has 32 heavy (non-hydrogen) atoms. The highest BCUT2D eigenvalue weighted by Gasteiger charge is 2.04. The summed E-state index contributed by atoms with van der Waals surface area (Å²) in [5.41, 5.74) is 0.